The van der Waals surface area contributed by atoms with Gasteiger partial charge in [0.2, 0.25) is 0 Å². The van der Waals surface area contributed by atoms with E-state index in [0.29, 0.717) is 12.4 Å². The summed E-state index contributed by atoms with van der Waals surface area (Å²) in [5.74, 6) is 1.37. The van der Waals surface area contributed by atoms with Crippen LogP contribution in [0.15, 0.2) is 24.3 Å². The van der Waals surface area contributed by atoms with Crippen LogP contribution in [-0.4, -0.2) is 33.9 Å². The molecule has 1 aromatic heterocycles. The van der Waals surface area contributed by atoms with Crippen LogP contribution in [0.3, 0.4) is 0 Å². The van der Waals surface area contributed by atoms with Crippen molar-refractivity contribution in [3.05, 3.63) is 35.7 Å². The van der Waals surface area contributed by atoms with Crippen LogP contribution >= 0.6 is 0 Å². The largest absolute Gasteiger partial charge is 0.497 e. The Morgan fingerprint density at radius 2 is 2.29 bits per heavy atom. The predicted molar refractivity (Wildman–Crippen MR) is 62.7 cm³/mol. The normalized spacial score (nSPS) is 12.4. The molecule has 6 heteroatoms. The van der Waals surface area contributed by atoms with Crippen LogP contribution in [0.4, 0.5) is 0 Å². The Morgan fingerprint density at radius 1 is 1.47 bits per heavy atom. The molecule has 17 heavy (non-hydrogen) atoms. The molecule has 0 fully saturated rings. The van der Waals surface area contributed by atoms with E-state index in [2.05, 4.69) is 15.4 Å². The van der Waals surface area contributed by atoms with Crippen molar-refractivity contribution in [2.24, 2.45) is 12.8 Å². The Morgan fingerprint density at radius 3 is 2.88 bits per heavy atom. The molecule has 0 aliphatic heterocycles. The van der Waals surface area contributed by atoms with E-state index in [-0.39, 0.29) is 5.92 Å². The Kier molecular flexibility index (Phi) is 3.34. The molecule has 90 valence electrons. The third-order valence-electron chi connectivity index (χ3n) is 2.57. The molecule has 0 amide bonds. The highest BCUT2D eigenvalue weighted by Crippen LogP contribution is 2.23. The van der Waals surface area contributed by atoms with Gasteiger partial charge in [0.25, 0.3) is 0 Å². The first-order chi connectivity index (χ1) is 8.24. The number of tetrazole rings is 1. The number of nitrogens with two attached hydrogens (primary N) is 1. The average molecular weight is 233 g/mol. The Labute approximate surface area is 99.4 Å². The van der Waals surface area contributed by atoms with Gasteiger partial charge >= 0.3 is 0 Å². The van der Waals surface area contributed by atoms with Gasteiger partial charge in [0, 0.05) is 6.54 Å². The minimum atomic E-state index is -0.0567. The molecule has 1 heterocycles. The van der Waals surface area contributed by atoms with Gasteiger partial charge in [0.1, 0.15) is 5.75 Å². The maximum Gasteiger partial charge on any atom is 0.183 e. The van der Waals surface area contributed by atoms with Crippen LogP contribution in [0, 0.1) is 0 Å². The lowest BCUT2D eigenvalue weighted by atomic mass is 9.98. The van der Waals surface area contributed by atoms with Gasteiger partial charge in [-0.1, -0.05) is 12.1 Å². The SMILES string of the molecule is COc1cccc(C(CN)c2nnn(C)n2)c1. The second-order valence-corrected chi connectivity index (χ2v) is 3.70. The van der Waals surface area contributed by atoms with Crippen molar-refractivity contribution in [2.75, 3.05) is 13.7 Å². The molecule has 0 bridgehead atoms. The van der Waals surface area contributed by atoms with Gasteiger partial charge in [-0.3, -0.25) is 0 Å². The zero-order chi connectivity index (χ0) is 12.3. The van der Waals surface area contributed by atoms with E-state index in [0.717, 1.165) is 11.3 Å². The molecule has 0 radical (unpaired) electrons. The summed E-state index contributed by atoms with van der Waals surface area (Å²) < 4.78 is 5.19. The van der Waals surface area contributed by atoms with Crippen LogP contribution in [-0.2, 0) is 7.05 Å². The van der Waals surface area contributed by atoms with E-state index in [4.69, 9.17) is 10.5 Å². The van der Waals surface area contributed by atoms with Gasteiger partial charge in [-0.15, -0.1) is 10.2 Å². The molecule has 1 unspecified atom stereocenters. The molecule has 6 nitrogen and oxygen atoms in total. The molecular weight excluding hydrogens is 218 g/mol. The standard InChI is InChI=1S/C11H15N5O/c1-16-14-11(13-15-16)10(7-12)8-4-3-5-9(6-8)17-2/h3-6,10H,7,12H2,1-2H3. The van der Waals surface area contributed by atoms with E-state index >= 15 is 0 Å². The summed E-state index contributed by atoms with van der Waals surface area (Å²) in [6.45, 7) is 0.429. The minimum absolute atomic E-state index is 0.0567. The van der Waals surface area contributed by atoms with Gasteiger partial charge in [0.15, 0.2) is 5.82 Å². The fraction of sp³-hybridized carbons (Fsp3) is 0.364. The maximum atomic E-state index is 5.78. The van der Waals surface area contributed by atoms with E-state index < -0.39 is 0 Å². The predicted octanol–water partition coefficient (Wildman–Crippen LogP) is 0.309. The molecule has 2 rings (SSSR count). The van der Waals surface area contributed by atoms with Crippen LogP contribution in [0.2, 0.25) is 0 Å². The number of benzene rings is 1. The third-order valence-corrected chi connectivity index (χ3v) is 2.57. The summed E-state index contributed by atoms with van der Waals surface area (Å²) in [7, 11) is 3.37. The van der Waals surface area contributed by atoms with E-state index in [1.165, 1.54) is 4.80 Å². The lowest BCUT2D eigenvalue weighted by Gasteiger charge is -2.11. The highest BCUT2D eigenvalue weighted by atomic mass is 16.5. The van der Waals surface area contributed by atoms with Gasteiger partial charge in [-0.25, -0.2) is 0 Å². The number of aryl methyl sites for hydroxylation is 1. The smallest absolute Gasteiger partial charge is 0.183 e. The molecule has 0 spiro atoms. The molecule has 2 aromatic rings. The van der Waals surface area contributed by atoms with E-state index in [9.17, 15) is 0 Å². The van der Waals surface area contributed by atoms with Crippen LogP contribution in [0.1, 0.15) is 17.3 Å². The van der Waals surface area contributed by atoms with Gasteiger partial charge in [-0.2, -0.15) is 4.80 Å². The summed E-state index contributed by atoms with van der Waals surface area (Å²) in [6.07, 6.45) is 0. The molecular formula is C11H15N5O. The number of ether oxygens (including phenoxy) is 1. The Bertz CT molecular complexity index is 496. The summed E-state index contributed by atoms with van der Waals surface area (Å²) in [5, 5.41) is 12.0. The first-order valence-corrected chi connectivity index (χ1v) is 5.32. The van der Waals surface area contributed by atoms with Crippen molar-refractivity contribution in [2.45, 2.75) is 5.92 Å². The second kappa shape index (κ2) is 4.92. The molecule has 0 saturated carbocycles. The van der Waals surface area contributed by atoms with Crippen molar-refractivity contribution < 1.29 is 4.74 Å². The van der Waals surface area contributed by atoms with Crippen molar-refractivity contribution in [3.8, 4) is 5.75 Å². The summed E-state index contributed by atoms with van der Waals surface area (Å²) in [5.41, 5.74) is 6.81. The number of methoxy groups -OCH3 is 1. The lowest BCUT2D eigenvalue weighted by Crippen LogP contribution is -2.15. The highest BCUT2D eigenvalue weighted by Gasteiger charge is 2.17. The zero-order valence-electron chi connectivity index (χ0n) is 9.87. The van der Waals surface area contributed by atoms with Crippen LogP contribution < -0.4 is 10.5 Å². The van der Waals surface area contributed by atoms with Crippen LogP contribution in [0.5, 0.6) is 5.75 Å². The molecule has 0 saturated heterocycles. The molecule has 1 aromatic carbocycles. The van der Waals surface area contributed by atoms with Crippen molar-refractivity contribution in [1.82, 2.24) is 20.2 Å². The summed E-state index contributed by atoms with van der Waals surface area (Å²) >= 11 is 0. The molecule has 0 aliphatic carbocycles. The first-order valence-electron chi connectivity index (χ1n) is 5.32. The van der Waals surface area contributed by atoms with Crippen molar-refractivity contribution in [3.63, 3.8) is 0 Å². The quantitative estimate of drug-likeness (QED) is 0.822. The monoisotopic (exact) mass is 233 g/mol. The average Bonchev–Trinajstić information content (AvgIpc) is 2.77. The van der Waals surface area contributed by atoms with Crippen LogP contribution in [0.25, 0.3) is 0 Å². The van der Waals surface area contributed by atoms with E-state index in [1.54, 1.807) is 14.2 Å². The molecule has 1 atom stereocenters. The first kappa shape index (κ1) is 11.5. The lowest BCUT2D eigenvalue weighted by molar-refractivity contribution is 0.414. The zero-order valence-corrected chi connectivity index (χ0v) is 9.87. The van der Waals surface area contributed by atoms with Crippen molar-refractivity contribution in [1.29, 1.82) is 0 Å². The van der Waals surface area contributed by atoms with E-state index in [1.807, 2.05) is 24.3 Å². The summed E-state index contributed by atoms with van der Waals surface area (Å²) in [6, 6.07) is 7.73. The number of rotatable bonds is 4. The minimum Gasteiger partial charge on any atom is -0.497 e. The van der Waals surface area contributed by atoms with Gasteiger partial charge < -0.3 is 10.5 Å². The van der Waals surface area contributed by atoms with Gasteiger partial charge in [0.05, 0.1) is 20.1 Å². The second-order valence-electron chi connectivity index (χ2n) is 3.70. The maximum absolute atomic E-state index is 5.78. The number of hydrogen-bond acceptors (Lipinski definition) is 5. The van der Waals surface area contributed by atoms with Gasteiger partial charge in [-0.05, 0) is 22.9 Å². The molecule has 2 N–H and O–H groups in total. The molecule has 0 aliphatic rings. The third kappa shape index (κ3) is 2.42. The Hall–Kier alpha value is -1.95. The van der Waals surface area contributed by atoms with Crippen molar-refractivity contribution >= 4 is 0 Å². The summed E-state index contributed by atoms with van der Waals surface area (Å²) in [4.78, 5) is 1.43. The number of nitrogens with zero attached hydrogens (tertiary/aromatic N) is 4. The number of hydrogen-bond donors (Lipinski definition) is 1. The Balaban J connectivity index is 2.34. The fourth-order valence-electron chi connectivity index (χ4n) is 1.69. The highest BCUT2D eigenvalue weighted by molar-refractivity contribution is 5.33. The topological polar surface area (TPSA) is 78.9 Å². The fourth-order valence-corrected chi connectivity index (χ4v) is 1.69. The number of aromatic nitrogens is 4.